The van der Waals surface area contributed by atoms with Crippen molar-refractivity contribution in [1.29, 1.82) is 0 Å². The van der Waals surface area contributed by atoms with Gasteiger partial charge in [0.15, 0.2) is 0 Å². The molecular weight excluding hydrogens is 210 g/mol. The fourth-order valence-electron chi connectivity index (χ4n) is 1.24. The summed E-state index contributed by atoms with van der Waals surface area (Å²) in [7, 11) is 0. The van der Waals surface area contributed by atoms with Crippen LogP contribution in [-0.2, 0) is 6.54 Å². The molecule has 0 saturated carbocycles. The Balaban J connectivity index is 0.000000181. The van der Waals surface area contributed by atoms with Gasteiger partial charge in [0, 0.05) is 0 Å². The van der Waals surface area contributed by atoms with E-state index in [0.717, 1.165) is 5.56 Å². The van der Waals surface area contributed by atoms with Crippen LogP contribution in [0.2, 0.25) is 0 Å². The minimum absolute atomic E-state index is 0.567. The molecule has 2 aromatic rings. The highest BCUT2D eigenvalue weighted by atomic mass is 15.3. The van der Waals surface area contributed by atoms with E-state index in [4.69, 9.17) is 5.84 Å². The lowest BCUT2D eigenvalue weighted by Gasteiger charge is -1.90. The first-order valence-corrected chi connectivity index (χ1v) is 5.45. The summed E-state index contributed by atoms with van der Waals surface area (Å²) >= 11 is 0. The fourth-order valence-corrected chi connectivity index (χ4v) is 1.24. The largest absolute Gasteiger partial charge is 0.305 e. The number of hydrogen-bond acceptors (Lipinski definition) is 2. The molecule has 88 valence electrons. The first-order chi connectivity index (χ1) is 8.33. The minimum Gasteiger partial charge on any atom is -0.305 e. The summed E-state index contributed by atoms with van der Waals surface area (Å²) in [6, 6.07) is 20.1. The van der Waals surface area contributed by atoms with Crippen molar-refractivity contribution < 1.29 is 0 Å². The Morgan fingerprint density at radius 2 is 1.41 bits per heavy atom. The molecule has 0 aliphatic rings. The molecule has 0 bridgehead atoms. The van der Waals surface area contributed by atoms with Crippen LogP contribution in [0.15, 0.2) is 71.0 Å². The van der Waals surface area contributed by atoms with Crippen LogP contribution in [0.4, 0.5) is 0 Å². The third-order valence-electron chi connectivity index (χ3n) is 2.12. The van der Waals surface area contributed by atoms with E-state index in [1.54, 1.807) is 0 Å². The number of nitrogens with two attached hydrogens (primary N) is 1. The van der Waals surface area contributed by atoms with Gasteiger partial charge in [0.2, 0.25) is 0 Å². The van der Waals surface area contributed by atoms with Crippen molar-refractivity contribution in [2.24, 2.45) is 16.2 Å². The van der Waals surface area contributed by atoms with Gasteiger partial charge in [-0.05, 0) is 12.5 Å². The zero-order valence-electron chi connectivity index (χ0n) is 9.95. The van der Waals surface area contributed by atoms with E-state index in [0.29, 0.717) is 6.54 Å². The molecular formula is C14H17N3. The van der Waals surface area contributed by atoms with Crippen molar-refractivity contribution in [3.8, 4) is 0 Å². The van der Waals surface area contributed by atoms with E-state index in [9.17, 15) is 0 Å². The Morgan fingerprint density at radius 3 is 1.82 bits per heavy atom. The normalized spacial score (nSPS) is 9.71. The molecule has 0 aliphatic heterocycles. The lowest BCUT2D eigenvalue weighted by atomic mass is 10.2. The van der Waals surface area contributed by atoms with E-state index >= 15 is 0 Å². The lowest BCUT2D eigenvalue weighted by Crippen LogP contribution is -1.80. The Labute approximate surface area is 102 Å². The second kappa shape index (κ2) is 8.05. The Hall–Kier alpha value is -2.16. The van der Waals surface area contributed by atoms with Crippen LogP contribution in [0, 0.1) is 6.92 Å². The molecule has 0 unspecified atom stereocenters. The van der Waals surface area contributed by atoms with Gasteiger partial charge in [0.25, 0.3) is 0 Å². The Kier molecular flexibility index (Phi) is 6.11. The second-order valence-corrected chi connectivity index (χ2v) is 3.56. The molecule has 0 radical (unpaired) electrons. The van der Waals surface area contributed by atoms with Crippen LogP contribution in [0.1, 0.15) is 11.1 Å². The molecule has 0 aromatic heterocycles. The molecule has 0 aliphatic carbocycles. The van der Waals surface area contributed by atoms with E-state index in [-0.39, 0.29) is 0 Å². The van der Waals surface area contributed by atoms with Gasteiger partial charge in [-0.1, -0.05) is 71.5 Å². The van der Waals surface area contributed by atoms with Crippen LogP contribution in [0.5, 0.6) is 0 Å². The molecule has 2 aromatic carbocycles. The number of benzene rings is 2. The Morgan fingerprint density at radius 1 is 0.882 bits per heavy atom. The highest BCUT2D eigenvalue weighted by Gasteiger charge is 1.84. The van der Waals surface area contributed by atoms with Crippen molar-refractivity contribution in [2.45, 2.75) is 13.5 Å². The monoisotopic (exact) mass is 227 g/mol. The number of hydrogen-bond donors (Lipinski definition) is 1. The number of aryl methyl sites for hydroxylation is 1. The topological polar surface area (TPSA) is 50.7 Å². The zero-order chi connectivity index (χ0) is 12.3. The third kappa shape index (κ3) is 6.10. The fraction of sp³-hybridized carbons (Fsp3) is 0.143. The highest BCUT2D eigenvalue weighted by Crippen LogP contribution is 1.99. The first kappa shape index (κ1) is 12.9. The summed E-state index contributed by atoms with van der Waals surface area (Å²) in [4.78, 5) is 0. The average molecular weight is 227 g/mol. The van der Waals surface area contributed by atoms with Crippen molar-refractivity contribution >= 4 is 0 Å². The summed E-state index contributed by atoms with van der Waals surface area (Å²) in [5, 5.41) is 6.80. The van der Waals surface area contributed by atoms with Gasteiger partial charge < -0.3 is 5.84 Å². The van der Waals surface area contributed by atoms with Crippen LogP contribution >= 0.6 is 0 Å². The molecule has 2 N–H and O–H groups in total. The predicted octanol–water partition coefficient (Wildman–Crippen LogP) is 3.51. The second-order valence-electron chi connectivity index (χ2n) is 3.56. The maximum Gasteiger partial charge on any atom is 0.0870 e. The maximum absolute atomic E-state index is 4.83. The van der Waals surface area contributed by atoms with Crippen molar-refractivity contribution in [1.82, 2.24) is 0 Å². The molecule has 0 saturated heterocycles. The van der Waals surface area contributed by atoms with Crippen LogP contribution in [-0.4, -0.2) is 0 Å². The quantitative estimate of drug-likeness (QED) is 0.476. The number of nitrogens with zero attached hydrogens (tertiary/aromatic N) is 2. The van der Waals surface area contributed by atoms with Crippen molar-refractivity contribution in [2.75, 3.05) is 0 Å². The van der Waals surface area contributed by atoms with Gasteiger partial charge in [0.05, 0.1) is 6.54 Å². The average Bonchev–Trinajstić information content (AvgIpc) is 2.39. The Bertz CT molecular complexity index is 424. The molecule has 0 spiro atoms. The van der Waals surface area contributed by atoms with Gasteiger partial charge in [-0.25, -0.2) is 0 Å². The van der Waals surface area contributed by atoms with Gasteiger partial charge >= 0.3 is 0 Å². The molecule has 3 heteroatoms. The molecule has 2 rings (SSSR count). The van der Waals surface area contributed by atoms with Gasteiger partial charge in [-0.3, -0.25) is 0 Å². The SMILES string of the molecule is Cc1ccccc1.NN=NCc1ccccc1. The van der Waals surface area contributed by atoms with Crippen LogP contribution in [0.3, 0.4) is 0 Å². The van der Waals surface area contributed by atoms with Crippen LogP contribution in [0.25, 0.3) is 0 Å². The molecule has 0 fully saturated rings. The van der Waals surface area contributed by atoms with Crippen LogP contribution < -0.4 is 5.84 Å². The summed E-state index contributed by atoms with van der Waals surface area (Å²) < 4.78 is 0. The molecule has 0 heterocycles. The first-order valence-electron chi connectivity index (χ1n) is 5.45. The standard InChI is InChI=1S/C7H9N3.C7H8/c8-10-9-6-7-4-2-1-3-5-7;1-7-5-3-2-4-6-7/h1-5H,6H2,(H2,8,9);2-6H,1H3. The molecule has 17 heavy (non-hydrogen) atoms. The van der Waals surface area contributed by atoms with E-state index in [2.05, 4.69) is 29.4 Å². The number of rotatable bonds is 2. The smallest absolute Gasteiger partial charge is 0.0870 e. The summed E-state index contributed by atoms with van der Waals surface area (Å²) in [6.45, 7) is 2.65. The van der Waals surface area contributed by atoms with Crippen molar-refractivity contribution in [3.05, 3.63) is 71.8 Å². The lowest BCUT2D eigenvalue weighted by molar-refractivity contribution is 0.893. The van der Waals surface area contributed by atoms with Gasteiger partial charge in [-0.15, -0.1) is 0 Å². The minimum atomic E-state index is 0.567. The van der Waals surface area contributed by atoms with Crippen molar-refractivity contribution in [3.63, 3.8) is 0 Å². The van der Waals surface area contributed by atoms with E-state index in [1.807, 2.05) is 48.5 Å². The molecule has 0 atom stereocenters. The third-order valence-corrected chi connectivity index (χ3v) is 2.12. The zero-order valence-corrected chi connectivity index (χ0v) is 9.95. The molecule has 0 amide bonds. The maximum atomic E-state index is 4.83. The summed E-state index contributed by atoms with van der Waals surface area (Å²) in [5.41, 5.74) is 2.44. The van der Waals surface area contributed by atoms with E-state index < -0.39 is 0 Å². The van der Waals surface area contributed by atoms with Gasteiger partial charge in [-0.2, -0.15) is 5.11 Å². The highest BCUT2D eigenvalue weighted by molar-refractivity contribution is 5.14. The molecule has 3 nitrogen and oxygen atoms in total. The predicted molar refractivity (Wildman–Crippen MR) is 70.4 cm³/mol. The van der Waals surface area contributed by atoms with E-state index in [1.165, 1.54) is 5.56 Å². The summed E-state index contributed by atoms with van der Waals surface area (Å²) in [5.74, 6) is 4.83. The van der Waals surface area contributed by atoms with Gasteiger partial charge in [0.1, 0.15) is 0 Å². The summed E-state index contributed by atoms with van der Waals surface area (Å²) in [6.07, 6.45) is 0.